The third-order valence-electron chi connectivity index (χ3n) is 6.32. The van der Waals surface area contributed by atoms with Gasteiger partial charge in [-0.25, -0.2) is 4.39 Å². The number of piperidine rings is 1. The highest BCUT2D eigenvalue weighted by atomic mass is 19.1. The first-order chi connectivity index (χ1) is 16.5. The Hall–Kier alpha value is -3.67. The van der Waals surface area contributed by atoms with E-state index in [1.54, 1.807) is 43.5 Å². The number of carbonyl (C=O) groups excluding carboxylic acids is 2. The second kappa shape index (κ2) is 11.0. The molecule has 1 fully saturated rings. The van der Waals surface area contributed by atoms with Crippen molar-refractivity contribution in [3.8, 4) is 5.75 Å². The lowest BCUT2D eigenvalue weighted by molar-refractivity contribution is 0.0904. The Balaban J connectivity index is 1.30. The maximum absolute atomic E-state index is 14.1. The molecule has 34 heavy (non-hydrogen) atoms. The van der Waals surface area contributed by atoms with Crippen LogP contribution in [0.5, 0.6) is 5.75 Å². The molecule has 3 aromatic carbocycles. The Labute approximate surface area is 199 Å². The largest absolute Gasteiger partial charge is 0.497 e. The number of para-hydroxylation sites is 1. The summed E-state index contributed by atoms with van der Waals surface area (Å²) in [6, 6.07) is 21.4. The Morgan fingerprint density at radius 2 is 1.71 bits per heavy atom. The van der Waals surface area contributed by atoms with Crippen LogP contribution in [0.25, 0.3) is 0 Å². The summed E-state index contributed by atoms with van der Waals surface area (Å²) in [5.74, 6) is 0.461. The number of ketones is 1. The highest BCUT2D eigenvalue weighted by Gasteiger charge is 2.21. The molecule has 0 spiro atoms. The molecule has 0 radical (unpaired) electrons. The zero-order valence-electron chi connectivity index (χ0n) is 19.3. The van der Waals surface area contributed by atoms with Crippen LogP contribution in [-0.4, -0.2) is 38.4 Å². The van der Waals surface area contributed by atoms with Gasteiger partial charge in [0.15, 0.2) is 5.78 Å². The summed E-state index contributed by atoms with van der Waals surface area (Å²) >= 11 is 0. The Morgan fingerprint density at radius 1 is 0.971 bits per heavy atom. The first-order valence-electron chi connectivity index (χ1n) is 11.6. The maximum atomic E-state index is 14.1. The van der Waals surface area contributed by atoms with Crippen LogP contribution in [-0.2, 0) is 6.42 Å². The van der Waals surface area contributed by atoms with E-state index < -0.39 is 0 Å². The number of benzene rings is 3. The van der Waals surface area contributed by atoms with Gasteiger partial charge in [-0.1, -0.05) is 36.4 Å². The number of ether oxygens (including phenoxy) is 1. The molecule has 1 amide bonds. The summed E-state index contributed by atoms with van der Waals surface area (Å²) in [6.07, 6.45) is 2.81. The van der Waals surface area contributed by atoms with Gasteiger partial charge in [0.05, 0.1) is 19.3 Å². The van der Waals surface area contributed by atoms with E-state index in [2.05, 4.69) is 10.2 Å². The van der Waals surface area contributed by atoms with Crippen LogP contribution >= 0.6 is 0 Å². The number of nitrogens with one attached hydrogen (secondary N) is 1. The number of halogens is 1. The number of nitrogens with zero attached hydrogens (tertiary/aromatic N) is 1. The number of hydrogen-bond acceptors (Lipinski definition) is 4. The minimum absolute atomic E-state index is 0.0786. The number of anilines is 1. The topological polar surface area (TPSA) is 58.6 Å². The Bertz CT molecular complexity index is 1160. The Kier molecular flexibility index (Phi) is 7.58. The van der Waals surface area contributed by atoms with Gasteiger partial charge in [0, 0.05) is 24.2 Å². The summed E-state index contributed by atoms with van der Waals surface area (Å²) in [7, 11) is 1.55. The molecule has 1 N–H and O–H groups in total. The molecule has 0 unspecified atom stereocenters. The summed E-state index contributed by atoms with van der Waals surface area (Å²) < 4.78 is 19.2. The van der Waals surface area contributed by atoms with Crippen molar-refractivity contribution in [2.45, 2.75) is 19.3 Å². The molecule has 1 aliphatic rings. The average molecular weight is 461 g/mol. The van der Waals surface area contributed by atoms with E-state index in [0.29, 0.717) is 28.5 Å². The van der Waals surface area contributed by atoms with Crippen LogP contribution < -0.4 is 15.0 Å². The van der Waals surface area contributed by atoms with Gasteiger partial charge < -0.3 is 15.0 Å². The van der Waals surface area contributed by atoms with Crippen LogP contribution in [0, 0.1) is 11.7 Å². The minimum atomic E-state index is -0.271. The number of amides is 1. The number of carbonyl (C=O) groups is 2. The molecule has 0 atom stereocenters. The van der Waals surface area contributed by atoms with Gasteiger partial charge in [0.2, 0.25) is 0 Å². The van der Waals surface area contributed by atoms with Crippen LogP contribution in [0.15, 0.2) is 72.8 Å². The maximum Gasteiger partial charge on any atom is 0.251 e. The quantitative estimate of drug-likeness (QED) is 0.486. The zero-order chi connectivity index (χ0) is 23.9. The first kappa shape index (κ1) is 23.5. The van der Waals surface area contributed by atoms with Crippen LogP contribution in [0.3, 0.4) is 0 Å². The molecule has 0 aromatic heterocycles. The van der Waals surface area contributed by atoms with Crippen LogP contribution in [0.4, 0.5) is 10.1 Å². The van der Waals surface area contributed by atoms with E-state index in [4.69, 9.17) is 4.74 Å². The van der Waals surface area contributed by atoms with Gasteiger partial charge in [-0.15, -0.1) is 0 Å². The van der Waals surface area contributed by atoms with Crippen molar-refractivity contribution in [2.24, 2.45) is 5.92 Å². The second-order valence-electron chi connectivity index (χ2n) is 8.62. The molecule has 5 nitrogen and oxygen atoms in total. The summed E-state index contributed by atoms with van der Waals surface area (Å²) in [4.78, 5) is 27.2. The third-order valence-corrected chi connectivity index (χ3v) is 6.32. The van der Waals surface area contributed by atoms with Crippen molar-refractivity contribution in [3.63, 3.8) is 0 Å². The summed E-state index contributed by atoms with van der Waals surface area (Å²) in [5, 5.41) is 2.72. The molecule has 0 bridgehead atoms. The smallest absolute Gasteiger partial charge is 0.251 e. The summed E-state index contributed by atoms with van der Waals surface area (Å²) in [5.41, 5.74) is 2.80. The number of hydrogen-bond donors (Lipinski definition) is 1. The average Bonchev–Trinajstić information content (AvgIpc) is 2.88. The van der Waals surface area contributed by atoms with E-state index in [1.165, 1.54) is 6.07 Å². The highest BCUT2D eigenvalue weighted by Crippen LogP contribution is 2.27. The second-order valence-corrected chi connectivity index (χ2v) is 8.62. The van der Waals surface area contributed by atoms with Crippen molar-refractivity contribution in [2.75, 3.05) is 31.6 Å². The molecule has 0 aliphatic carbocycles. The minimum Gasteiger partial charge on any atom is -0.497 e. The molecule has 6 heteroatoms. The molecule has 1 heterocycles. The van der Waals surface area contributed by atoms with Gasteiger partial charge in [-0.05, 0) is 67.1 Å². The molecule has 1 saturated heterocycles. The van der Waals surface area contributed by atoms with Crippen molar-refractivity contribution in [3.05, 3.63) is 95.3 Å². The standard InChI is InChI=1S/C28H29FN2O3/c1-34-24-9-5-7-22(18-24)27(32)19-30-28(33)23-8-4-6-21(17-23)16-20-12-14-31(15-13-20)26-11-3-2-10-25(26)29/h2-11,17-18,20H,12-16,19H2,1H3,(H,30,33). The normalized spacial score (nSPS) is 14.0. The number of rotatable bonds is 8. The Morgan fingerprint density at radius 3 is 2.47 bits per heavy atom. The van der Waals surface area contributed by atoms with Gasteiger partial charge in [0.1, 0.15) is 11.6 Å². The lowest BCUT2D eigenvalue weighted by atomic mass is 9.89. The van der Waals surface area contributed by atoms with E-state index in [1.807, 2.05) is 30.3 Å². The fourth-order valence-electron chi connectivity index (χ4n) is 4.42. The predicted molar refractivity (Wildman–Crippen MR) is 131 cm³/mol. The van der Waals surface area contributed by atoms with Gasteiger partial charge >= 0.3 is 0 Å². The predicted octanol–water partition coefficient (Wildman–Crippen LogP) is 4.91. The van der Waals surface area contributed by atoms with E-state index in [0.717, 1.165) is 37.9 Å². The molecule has 4 rings (SSSR count). The van der Waals surface area contributed by atoms with Gasteiger partial charge in [-0.2, -0.15) is 0 Å². The first-order valence-corrected chi connectivity index (χ1v) is 11.6. The van der Waals surface area contributed by atoms with Crippen molar-refractivity contribution in [1.29, 1.82) is 0 Å². The third kappa shape index (κ3) is 5.81. The van der Waals surface area contributed by atoms with Crippen LogP contribution in [0.1, 0.15) is 39.1 Å². The molecule has 1 aliphatic heterocycles. The van der Waals surface area contributed by atoms with Crippen molar-refractivity contribution in [1.82, 2.24) is 5.32 Å². The summed E-state index contributed by atoms with van der Waals surface area (Å²) in [6.45, 7) is 1.56. The van der Waals surface area contributed by atoms with E-state index in [9.17, 15) is 14.0 Å². The van der Waals surface area contributed by atoms with Crippen LogP contribution in [0.2, 0.25) is 0 Å². The van der Waals surface area contributed by atoms with Gasteiger partial charge in [0.25, 0.3) is 5.91 Å². The molecular weight excluding hydrogens is 431 g/mol. The molecule has 0 saturated carbocycles. The van der Waals surface area contributed by atoms with Gasteiger partial charge in [-0.3, -0.25) is 9.59 Å². The number of methoxy groups -OCH3 is 1. The SMILES string of the molecule is COc1cccc(C(=O)CNC(=O)c2cccc(CC3CCN(c4ccccc4F)CC3)c2)c1. The lowest BCUT2D eigenvalue weighted by Crippen LogP contribution is -2.34. The molecular formula is C28H29FN2O3. The van der Waals surface area contributed by atoms with Crippen molar-refractivity contribution < 1.29 is 18.7 Å². The monoisotopic (exact) mass is 460 g/mol. The highest BCUT2D eigenvalue weighted by molar-refractivity contribution is 6.02. The van der Waals surface area contributed by atoms with E-state index in [-0.39, 0.29) is 24.1 Å². The fourth-order valence-corrected chi connectivity index (χ4v) is 4.42. The fraction of sp³-hybridized carbons (Fsp3) is 0.286. The van der Waals surface area contributed by atoms with E-state index >= 15 is 0 Å². The lowest BCUT2D eigenvalue weighted by Gasteiger charge is -2.34. The molecule has 176 valence electrons. The number of Topliss-reactive ketones (excluding diaryl/α,β-unsaturated/α-hetero) is 1. The molecule has 3 aromatic rings. The zero-order valence-corrected chi connectivity index (χ0v) is 19.3. The van der Waals surface area contributed by atoms with Crippen molar-refractivity contribution >= 4 is 17.4 Å².